The monoisotopic (exact) mass is 625 g/mol. The van der Waals surface area contributed by atoms with Crippen molar-refractivity contribution in [3.05, 3.63) is 36.4 Å². The van der Waals surface area contributed by atoms with E-state index in [0.717, 1.165) is 11.1 Å². The van der Waals surface area contributed by atoms with Gasteiger partial charge in [-0.3, -0.25) is 14.4 Å². The molecule has 2 aromatic carbocycles. The molecule has 15 heteroatoms. The highest BCUT2D eigenvalue weighted by Crippen LogP contribution is 2.30. The van der Waals surface area contributed by atoms with Gasteiger partial charge < -0.3 is 20.4 Å². The molecule has 12 nitrogen and oxygen atoms in total. The summed E-state index contributed by atoms with van der Waals surface area (Å²) in [5.41, 5.74) is 0.940. The number of fused-ring (bicyclic) bond motifs is 1. The van der Waals surface area contributed by atoms with Crippen molar-refractivity contribution in [1.82, 2.24) is 20.4 Å². The SMILES string of the molecule is CN(C)c1cccc2c(S(=O)(=O)NCCNCCNC(=O)CCSSCCC(=O)ON3C(=O)CCC3=O)cccc12. The minimum absolute atomic E-state index is 0.0437. The minimum atomic E-state index is -3.70. The summed E-state index contributed by atoms with van der Waals surface area (Å²) in [6, 6.07) is 10.8. The third kappa shape index (κ3) is 9.88. The molecule has 3 amide bonds. The average Bonchev–Trinajstić information content (AvgIpc) is 3.25. The van der Waals surface area contributed by atoms with Crippen LogP contribution in [0.15, 0.2) is 41.3 Å². The summed E-state index contributed by atoms with van der Waals surface area (Å²) in [6.07, 6.45) is 0.462. The fourth-order valence-electron chi connectivity index (χ4n) is 3.93. The zero-order chi connectivity index (χ0) is 29.8. The van der Waals surface area contributed by atoms with Gasteiger partial charge in [0.1, 0.15) is 0 Å². The third-order valence-electron chi connectivity index (χ3n) is 5.93. The Kier molecular flexibility index (Phi) is 12.7. The van der Waals surface area contributed by atoms with Crippen LogP contribution >= 0.6 is 21.6 Å². The number of carbonyl (C=O) groups is 4. The Morgan fingerprint density at radius 1 is 0.902 bits per heavy atom. The maximum atomic E-state index is 12.9. The molecule has 0 bridgehead atoms. The second-order valence-corrected chi connectivity index (χ2v) is 13.6. The van der Waals surface area contributed by atoms with E-state index in [2.05, 4.69) is 15.4 Å². The van der Waals surface area contributed by atoms with E-state index in [0.29, 0.717) is 48.0 Å². The lowest BCUT2D eigenvalue weighted by Crippen LogP contribution is -2.36. The van der Waals surface area contributed by atoms with Gasteiger partial charge in [0.25, 0.3) is 11.8 Å². The molecule has 1 aliphatic rings. The molecule has 2 aromatic rings. The Balaban J connectivity index is 1.23. The van der Waals surface area contributed by atoms with Crippen molar-refractivity contribution < 1.29 is 32.4 Å². The van der Waals surface area contributed by atoms with Gasteiger partial charge in [-0.15, -0.1) is 5.06 Å². The van der Waals surface area contributed by atoms with E-state index in [4.69, 9.17) is 4.84 Å². The van der Waals surface area contributed by atoms with Crippen LogP contribution in [0.3, 0.4) is 0 Å². The lowest BCUT2D eigenvalue weighted by atomic mass is 10.1. The number of amides is 3. The molecule has 3 N–H and O–H groups in total. The molecule has 1 aliphatic heterocycles. The normalized spacial score (nSPS) is 13.6. The van der Waals surface area contributed by atoms with Crippen molar-refractivity contribution in [3.8, 4) is 0 Å². The van der Waals surface area contributed by atoms with E-state index in [1.807, 2.05) is 37.2 Å². The summed E-state index contributed by atoms with van der Waals surface area (Å²) in [5, 5.41) is 7.96. The van der Waals surface area contributed by atoms with Gasteiger partial charge in [-0.2, -0.15) is 0 Å². The Morgan fingerprint density at radius 2 is 1.54 bits per heavy atom. The number of sulfonamides is 1. The molecule has 0 aliphatic carbocycles. The molecule has 0 unspecified atom stereocenters. The van der Waals surface area contributed by atoms with Crippen molar-refractivity contribution >= 4 is 71.8 Å². The summed E-state index contributed by atoms with van der Waals surface area (Å²) in [6.45, 7) is 1.49. The maximum absolute atomic E-state index is 12.9. The van der Waals surface area contributed by atoms with Crippen molar-refractivity contribution in [3.63, 3.8) is 0 Å². The number of hydroxylamine groups is 2. The Bertz CT molecular complexity index is 1340. The predicted octanol–water partition coefficient (Wildman–Crippen LogP) is 1.66. The quantitative estimate of drug-likeness (QED) is 0.134. The number of benzene rings is 2. The molecule has 0 aromatic heterocycles. The summed E-state index contributed by atoms with van der Waals surface area (Å²) in [5.74, 6) is -0.800. The molecule has 41 heavy (non-hydrogen) atoms. The van der Waals surface area contributed by atoms with Gasteiger partial charge in [-0.25, -0.2) is 17.9 Å². The molecular weight excluding hydrogens is 591 g/mol. The first-order valence-electron chi connectivity index (χ1n) is 13.1. The smallest absolute Gasteiger partial charge is 0.334 e. The molecule has 1 heterocycles. The average molecular weight is 626 g/mol. The predicted molar refractivity (Wildman–Crippen MR) is 161 cm³/mol. The number of imide groups is 1. The van der Waals surface area contributed by atoms with Crippen LogP contribution in [0.25, 0.3) is 10.8 Å². The number of nitrogens with one attached hydrogen (secondary N) is 3. The van der Waals surface area contributed by atoms with Crippen LogP contribution in [0, 0.1) is 0 Å². The molecule has 0 saturated carbocycles. The number of hydrogen-bond acceptors (Lipinski definition) is 11. The third-order valence-corrected chi connectivity index (χ3v) is 9.86. The first-order valence-corrected chi connectivity index (χ1v) is 17.0. The first kappa shape index (κ1) is 32.7. The highest BCUT2D eigenvalue weighted by atomic mass is 33.1. The molecule has 0 atom stereocenters. The minimum Gasteiger partial charge on any atom is -0.377 e. The number of rotatable bonds is 17. The van der Waals surface area contributed by atoms with Gasteiger partial charge >= 0.3 is 5.97 Å². The van der Waals surface area contributed by atoms with Crippen LogP contribution in [0.1, 0.15) is 25.7 Å². The van der Waals surface area contributed by atoms with Gasteiger partial charge in [0.15, 0.2) is 0 Å². The van der Waals surface area contributed by atoms with Gasteiger partial charge in [0.05, 0.1) is 11.3 Å². The maximum Gasteiger partial charge on any atom is 0.334 e. The number of hydrogen-bond donors (Lipinski definition) is 3. The largest absolute Gasteiger partial charge is 0.377 e. The molecule has 1 saturated heterocycles. The summed E-state index contributed by atoms with van der Waals surface area (Å²) < 4.78 is 28.5. The van der Waals surface area contributed by atoms with E-state index in [1.54, 1.807) is 18.2 Å². The zero-order valence-corrected chi connectivity index (χ0v) is 25.5. The highest BCUT2D eigenvalue weighted by Gasteiger charge is 2.32. The number of nitrogens with zero attached hydrogens (tertiary/aromatic N) is 2. The van der Waals surface area contributed by atoms with Gasteiger partial charge in [0.2, 0.25) is 15.9 Å². The van der Waals surface area contributed by atoms with Crippen LogP contribution in [0.5, 0.6) is 0 Å². The zero-order valence-electron chi connectivity index (χ0n) is 23.0. The standard InChI is InChI=1S/C26H35N5O7S3/c1-30(2)21-7-3-6-20-19(21)5-4-8-22(20)41(36,37)29-16-14-27-13-15-28-23(32)11-17-39-40-18-12-26(35)38-31-24(33)9-10-25(31)34/h3-8,27,29H,9-18H2,1-2H3,(H,28,32). The Labute approximate surface area is 247 Å². The number of carbonyl (C=O) groups excluding carboxylic acids is 4. The second-order valence-electron chi connectivity index (χ2n) is 9.21. The lowest BCUT2D eigenvalue weighted by molar-refractivity contribution is -0.197. The van der Waals surface area contributed by atoms with E-state index >= 15 is 0 Å². The molecule has 0 radical (unpaired) electrons. The summed E-state index contributed by atoms with van der Waals surface area (Å²) in [7, 11) is 2.96. The van der Waals surface area contributed by atoms with Crippen LogP contribution in [-0.4, -0.2) is 89.0 Å². The van der Waals surface area contributed by atoms with E-state index in [1.165, 1.54) is 21.6 Å². The summed E-state index contributed by atoms with van der Waals surface area (Å²) >= 11 is 0. The van der Waals surface area contributed by atoms with Crippen LogP contribution < -0.4 is 20.3 Å². The molecule has 0 spiro atoms. The van der Waals surface area contributed by atoms with Crippen molar-refractivity contribution in [2.45, 2.75) is 30.6 Å². The van der Waals surface area contributed by atoms with Crippen LogP contribution in [-0.2, 0) is 34.0 Å². The fourth-order valence-corrected chi connectivity index (χ4v) is 7.14. The van der Waals surface area contributed by atoms with Crippen molar-refractivity contribution in [2.24, 2.45) is 0 Å². The Morgan fingerprint density at radius 3 is 2.24 bits per heavy atom. The van der Waals surface area contributed by atoms with Gasteiger partial charge in [0, 0.05) is 87.5 Å². The lowest BCUT2D eigenvalue weighted by Gasteiger charge is -2.17. The molecule has 224 valence electrons. The van der Waals surface area contributed by atoms with Crippen LogP contribution in [0.4, 0.5) is 5.69 Å². The first-order chi connectivity index (χ1) is 19.6. The van der Waals surface area contributed by atoms with E-state index in [-0.39, 0.29) is 36.6 Å². The van der Waals surface area contributed by atoms with E-state index in [9.17, 15) is 27.6 Å². The van der Waals surface area contributed by atoms with Crippen molar-refractivity contribution in [2.75, 3.05) is 56.7 Å². The van der Waals surface area contributed by atoms with Gasteiger partial charge in [-0.1, -0.05) is 45.9 Å². The van der Waals surface area contributed by atoms with Crippen LogP contribution in [0.2, 0.25) is 0 Å². The molecular formula is C26H35N5O7S3. The summed E-state index contributed by atoms with van der Waals surface area (Å²) in [4.78, 5) is 53.6. The fraction of sp³-hybridized carbons (Fsp3) is 0.462. The topological polar surface area (TPSA) is 154 Å². The van der Waals surface area contributed by atoms with Gasteiger partial charge in [-0.05, 0) is 12.1 Å². The molecule has 1 fully saturated rings. The molecule has 3 rings (SSSR count). The second kappa shape index (κ2) is 16.0. The highest BCUT2D eigenvalue weighted by molar-refractivity contribution is 8.76. The Hall–Kier alpha value is -2.85. The van der Waals surface area contributed by atoms with E-state index < -0.39 is 27.8 Å². The van der Waals surface area contributed by atoms with Crippen molar-refractivity contribution in [1.29, 1.82) is 0 Å². The number of anilines is 1.